The van der Waals surface area contributed by atoms with E-state index in [0.29, 0.717) is 37.4 Å². The minimum absolute atomic E-state index is 0.224. The maximum absolute atomic E-state index is 11.0. The Morgan fingerprint density at radius 3 is 2.79 bits per heavy atom. The van der Waals surface area contributed by atoms with Crippen molar-refractivity contribution in [2.45, 2.75) is 25.2 Å². The normalized spacial score (nSPS) is 22.2. The van der Waals surface area contributed by atoms with Crippen LogP contribution in [0.5, 0.6) is 11.5 Å². The van der Waals surface area contributed by atoms with E-state index in [-0.39, 0.29) is 23.8 Å². The molecule has 0 aromatic heterocycles. The average Bonchev–Trinajstić information content (AvgIpc) is 2.97. The fraction of sp³-hybridized carbons (Fsp3) is 0.500. The number of hydrogen-bond donors (Lipinski definition) is 1. The van der Waals surface area contributed by atoms with E-state index in [0.717, 1.165) is 0 Å². The minimum Gasteiger partial charge on any atom is -0.502 e. The summed E-state index contributed by atoms with van der Waals surface area (Å²) in [5.41, 5.74) is 0.168. The van der Waals surface area contributed by atoms with Gasteiger partial charge in [0, 0.05) is 12.8 Å². The Balaban J connectivity index is 1.79. The number of rotatable bonds is 3. The van der Waals surface area contributed by atoms with E-state index >= 15 is 0 Å². The molecule has 0 spiro atoms. The molecule has 1 N–H and O–H groups in total. The van der Waals surface area contributed by atoms with E-state index in [9.17, 15) is 15.2 Å². The number of nitro groups is 1. The van der Waals surface area contributed by atoms with Gasteiger partial charge in [-0.1, -0.05) is 0 Å². The number of fused-ring (bicyclic) bond motifs is 1. The van der Waals surface area contributed by atoms with Crippen molar-refractivity contribution in [1.82, 2.24) is 0 Å². The van der Waals surface area contributed by atoms with Gasteiger partial charge in [0.1, 0.15) is 11.9 Å². The van der Waals surface area contributed by atoms with Gasteiger partial charge in [-0.2, -0.15) is 0 Å². The highest BCUT2D eigenvalue weighted by atomic mass is 16.7. The summed E-state index contributed by atoms with van der Waals surface area (Å²) < 4.78 is 16.3. The smallest absolute Gasteiger partial charge is 0.317 e. The topological polar surface area (TPSA) is 91.1 Å². The number of nitrogens with zero attached hydrogens (tertiary/aromatic N) is 1. The van der Waals surface area contributed by atoms with Crippen LogP contribution in [0.4, 0.5) is 5.69 Å². The van der Waals surface area contributed by atoms with Crippen LogP contribution >= 0.6 is 0 Å². The molecule has 0 saturated carbocycles. The third-order valence-corrected chi connectivity index (χ3v) is 3.27. The predicted molar refractivity (Wildman–Crippen MR) is 63.2 cm³/mol. The minimum atomic E-state index is -0.581. The summed E-state index contributed by atoms with van der Waals surface area (Å²) in [4.78, 5) is 10.4. The highest BCUT2D eigenvalue weighted by Crippen LogP contribution is 2.42. The summed E-state index contributed by atoms with van der Waals surface area (Å²) in [7, 11) is 0. The quantitative estimate of drug-likeness (QED) is 0.657. The van der Waals surface area contributed by atoms with E-state index in [1.807, 2.05) is 0 Å². The largest absolute Gasteiger partial charge is 0.502 e. The van der Waals surface area contributed by atoms with Crippen LogP contribution in [0.1, 0.15) is 12.0 Å². The Morgan fingerprint density at radius 1 is 1.37 bits per heavy atom. The van der Waals surface area contributed by atoms with Crippen molar-refractivity contribution >= 4 is 5.69 Å². The zero-order valence-electron chi connectivity index (χ0n) is 10.1. The van der Waals surface area contributed by atoms with Crippen LogP contribution in [0.2, 0.25) is 0 Å². The summed E-state index contributed by atoms with van der Waals surface area (Å²) in [6, 6.07) is 2.83. The highest BCUT2D eigenvalue weighted by molar-refractivity contribution is 5.60. The summed E-state index contributed by atoms with van der Waals surface area (Å²) in [5, 5.41) is 20.5. The van der Waals surface area contributed by atoms with Gasteiger partial charge in [-0.3, -0.25) is 10.1 Å². The molecule has 0 radical (unpaired) electrons. The molecule has 1 aromatic rings. The molecule has 7 nitrogen and oxygen atoms in total. The van der Waals surface area contributed by atoms with Crippen molar-refractivity contribution < 1.29 is 24.2 Å². The number of phenols is 1. The lowest BCUT2D eigenvalue weighted by atomic mass is 10.1. The van der Waals surface area contributed by atoms with Gasteiger partial charge in [0.15, 0.2) is 12.0 Å². The van der Waals surface area contributed by atoms with Crippen LogP contribution in [0.15, 0.2) is 12.1 Å². The fourth-order valence-corrected chi connectivity index (χ4v) is 2.46. The van der Waals surface area contributed by atoms with E-state index in [1.54, 1.807) is 6.07 Å². The third-order valence-electron chi connectivity index (χ3n) is 3.27. The van der Waals surface area contributed by atoms with Crippen LogP contribution in [0.25, 0.3) is 0 Å². The van der Waals surface area contributed by atoms with Gasteiger partial charge < -0.3 is 19.3 Å². The van der Waals surface area contributed by atoms with Crippen molar-refractivity contribution in [1.29, 1.82) is 0 Å². The molecule has 102 valence electrons. The lowest BCUT2D eigenvalue weighted by Gasteiger charge is -2.14. The maximum atomic E-state index is 11.0. The van der Waals surface area contributed by atoms with Crippen LogP contribution < -0.4 is 4.74 Å². The van der Waals surface area contributed by atoms with Crippen molar-refractivity contribution in [2.24, 2.45) is 0 Å². The van der Waals surface area contributed by atoms with Gasteiger partial charge in [0.25, 0.3) is 0 Å². The molecule has 1 saturated heterocycles. The second-order valence-electron chi connectivity index (χ2n) is 4.52. The van der Waals surface area contributed by atoms with Crippen molar-refractivity contribution in [3.8, 4) is 11.5 Å². The maximum Gasteiger partial charge on any atom is 0.317 e. The van der Waals surface area contributed by atoms with Gasteiger partial charge >= 0.3 is 5.69 Å². The lowest BCUT2D eigenvalue weighted by Crippen LogP contribution is -2.22. The van der Waals surface area contributed by atoms with E-state index in [4.69, 9.17) is 14.2 Å². The molecule has 2 aliphatic rings. The van der Waals surface area contributed by atoms with Gasteiger partial charge in [-0.25, -0.2) is 0 Å². The molecule has 1 atom stereocenters. The van der Waals surface area contributed by atoms with Gasteiger partial charge in [0.2, 0.25) is 0 Å². The molecule has 0 bridgehead atoms. The molecule has 1 fully saturated rings. The van der Waals surface area contributed by atoms with Gasteiger partial charge in [-0.05, 0) is 12.1 Å². The molecule has 2 heterocycles. The monoisotopic (exact) mass is 267 g/mol. The van der Waals surface area contributed by atoms with E-state index in [2.05, 4.69) is 0 Å². The summed E-state index contributed by atoms with van der Waals surface area (Å²) in [6.45, 7) is 1.12. The van der Waals surface area contributed by atoms with Crippen LogP contribution in [0.3, 0.4) is 0 Å². The molecule has 2 aliphatic heterocycles. The summed E-state index contributed by atoms with van der Waals surface area (Å²) >= 11 is 0. The Bertz CT molecular complexity index is 511. The summed E-state index contributed by atoms with van der Waals surface area (Å²) in [5.74, 6) is 0.119. The first-order valence-corrected chi connectivity index (χ1v) is 6.04. The number of nitro benzene ring substituents is 1. The first-order chi connectivity index (χ1) is 9.15. The molecular formula is C12H13NO6. The molecule has 7 heteroatoms. The lowest BCUT2D eigenvalue weighted by molar-refractivity contribution is -0.386. The van der Waals surface area contributed by atoms with Crippen molar-refractivity contribution in [2.75, 3.05) is 13.2 Å². The van der Waals surface area contributed by atoms with Crippen LogP contribution in [-0.4, -0.2) is 35.6 Å². The molecule has 1 unspecified atom stereocenters. The van der Waals surface area contributed by atoms with Gasteiger partial charge in [0.05, 0.1) is 23.7 Å². The standard InChI is InChI=1S/C12H13NO6/c14-9-1-2-10-8(12(9)13(15)16)5-7(19-10)6-11-17-3-4-18-11/h1-2,7,11,14H,3-6H2. The molecular weight excluding hydrogens is 254 g/mol. The second kappa shape index (κ2) is 4.67. The SMILES string of the molecule is O=[N+]([O-])c1c(O)ccc2c1CC(CC1OCCO1)O2. The highest BCUT2D eigenvalue weighted by Gasteiger charge is 2.34. The fourth-order valence-electron chi connectivity index (χ4n) is 2.46. The summed E-state index contributed by atoms with van der Waals surface area (Å²) in [6.07, 6.45) is 0.362. The average molecular weight is 267 g/mol. The van der Waals surface area contributed by atoms with E-state index in [1.165, 1.54) is 6.07 Å². The molecule has 19 heavy (non-hydrogen) atoms. The number of phenolic OH excluding ortho intramolecular Hbond substituents is 1. The van der Waals surface area contributed by atoms with Crippen LogP contribution in [-0.2, 0) is 15.9 Å². The molecule has 3 rings (SSSR count). The number of hydrogen-bond acceptors (Lipinski definition) is 6. The van der Waals surface area contributed by atoms with Crippen molar-refractivity contribution in [3.63, 3.8) is 0 Å². The van der Waals surface area contributed by atoms with Gasteiger partial charge in [-0.15, -0.1) is 0 Å². The Hall–Kier alpha value is -1.86. The first kappa shape index (κ1) is 12.2. The third kappa shape index (κ3) is 2.22. The zero-order valence-corrected chi connectivity index (χ0v) is 10.1. The first-order valence-electron chi connectivity index (χ1n) is 6.04. The molecule has 0 aliphatic carbocycles. The number of ether oxygens (including phenoxy) is 3. The number of aromatic hydroxyl groups is 1. The molecule has 0 amide bonds. The number of benzene rings is 1. The molecule has 1 aromatic carbocycles. The predicted octanol–water partition coefficient (Wildman–Crippen LogP) is 1.37. The van der Waals surface area contributed by atoms with Crippen LogP contribution in [0, 0.1) is 10.1 Å². The Morgan fingerprint density at radius 2 is 2.11 bits per heavy atom. The zero-order chi connectivity index (χ0) is 13.4. The Kier molecular flexibility index (Phi) is 3.00. The van der Waals surface area contributed by atoms with Crippen molar-refractivity contribution in [3.05, 3.63) is 27.8 Å². The second-order valence-corrected chi connectivity index (χ2v) is 4.52. The van der Waals surface area contributed by atoms with E-state index < -0.39 is 4.92 Å². The Labute approximate surface area is 108 Å².